The van der Waals surface area contributed by atoms with Gasteiger partial charge in [-0.05, 0) is 31.9 Å². The summed E-state index contributed by atoms with van der Waals surface area (Å²) in [7, 11) is 1.62. The summed E-state index contributed by atoms with van der Waals surface area (Å²) in [5.41, 5.74) is 2.25. The molecule has 0 spiro atoms. The van der Waals surface area contributed by atoms with Crippen molar-refractivity contribution in [1.29, 1.82) is 0 Å². The number of hydrogen-bond donors (Lipinski definition) is 3. The van der Waals surface area contributed by atoms with Crippen LogP contribution in [0.1, 0.15) is 25.1 Å². The van der Waals surface area contributed by atoms with Crippen LogP contribution in [0, 0.1) is 6.92 Å². The van der Waals surface area contributed by atoms with E-state index in [4.69, 9.17) is 19.6 Å². The minimum absolute atomic E-state index is 0.417. The first kappa shape index (κ1) is 22.2. The molecule has 0 bridgehead atoms. The molecule has 0 saturated heterocycles. The predicted octanol–water partition coefficient (Wildman–Crippen LogP) is 1.39. The zero-order valence-corrected chi connectivity index (χ0v) is 17.6. The standard InChI is InChI=1S/C20H26N6O5/c1-13-24-25-20-19(22-8-4-3-7-21-17(27)12-18(28)29)23-15-11-14(31-10-9-30-2)5-6-16(15)26(13)20/h5-6,11H,3-4,7-10,12H2,1-2H3,(H,21,27)(H,22,23)(H,28,29). The molecular weight excluding hydrogens is 404 g/mol. The van der Waals surface area contributed by atoms with Crippen LogP contribution in [0.25, 0.3) is 16.7 Å². The molecule has 0 saturated carbocycles. The smallest absolute Gasteiger partial charge is 0.312 e. The van der Waals surface area contributed by atoms with Gasteiger partial charge < -0.3 is 25.2 Å². The van der Waals surface area contributed by atoms with Crippen molar-refractivity contribution in [2.45, 2.75) is 26.2 Å². The summed E-state index contributed by atoms with van der Waals surface area (Å²) in [6.07, 6.45) is 0.943. The van der Waals surface area contributed by atoms with Gasteiger partial charge in [0.25, 0.3) is 0 Å². The number of nitrogens with one attached hydrogen (secondary N) is 2. The first-order valence-electron chi connectivity index (χ1n) is 9.99. The number of benzene rings is 1. The Labute approximate surface area is 178 Å². The molecular formula is C20H26N6O5. The molecule has 1 amide bonds. The van der Waals surface area contributed by atoms with Crippen LogP contribution in [-0.2, 0) is 14.3 Å². The Bertz CT molecular complexity index is 1070. The molecule has 2 aromatic heterocycles. The number of anilines is 1. The highest BCUT2D eigenvalue weighted by Gasteiger charge is 2.13. The second-order valence-corrected chi connectivity index (χ2v) is 6.91. The molecule has 11 heteroatoms. The van der Waals surface area contributed by atoms with Crippen LogP contribution in [0.15, 0.2) is 18.2 Å². The van der Waals surface area contributed by atoms with Crippen molar-refractivity contribution in [2.75, 3.05) is 38.7 Å². The van der Waals surface area contributed by atoms with E-state index in [0.29, 0.717) is 49.9 Å². The van der Waals surface area contributed by atoms with E-state index in [1.165, 1.54) is 0 Å². The number of carboxylic acids is 1. The van der Waals surface area contributed by atoms with Crippen LogP contribution in [0.4, 0.5) is 5.82 Å². The molecule has 0 fully saturated rings. The van der Waals surface area contributed by atoms with Gasteiger partial charge in [-0.3, -0.25) is 14.0 Å². The maximum atomic E-state index is 11.3. The Morgan fingerprint density at radius 3 is 2.74 bits per heavy atom. The number of ether oxygens (including phenoxy) is 2. The number of aliphatic carboxylic acids is 1. The molecule has 0 radical (unpaired) electrons. The Kier molecular flexibility index (Phi) is 7.55. The Hall–Kier alpha value is -3.47. The molecule has 0 atom stereocenters. The average molecular weight is 430 g/mol. The van der Waals surface area contributed by atoms with Crippen LogP contribution in [0.3, 0.4) is 0 Å². The second-order valence-electron chi connectivity index (χ2n) is 6.91. The van der Waals surface area contributed by atoms with Crippen molar-refractivity contribution < 1.29 is 24.2 Å². The zero-order chi connectivity index (χ0) is 22.2. The van der Waals surface area contributed by atoms with Gasteiger partial charge in [0.05, 0.1) is 17.6 Å². The van der Waals surface area contributed by atoms with Gasteiger partial charge in [-0.15, -0.1) is 10.2 Å². The molecule has 0 unspecified atom stereocenters. The van der Waals surface area contributed by atoms with Gasteiger partial charge in [-0.25, -0.2) is 4.98 Å². The molecule has 2 heterocycles. The van der Waals surface area contributed by atoms with E-state index < -0.39 is 18.3 Å². The lowest BCUT2D eigenvalue weighted by molar-refractivity contribution is -0.140. The van der Waals surface area contributed by atoms with Crippen LogP contribution in [0.2, 0.25) is 0 Å². The van der Waals surface area contributed by atoms with Crippen molar-refractivity contribution in [2.24, 2.45) is 0 Å². The molecule has 3 aromatic rings. The monoisotopic (exact) mass is 430 g/mol. The van der Waals surface area contributed by atoms with Crippen LogP contribution < -0.4 is 15.4 Å². The van der Waals surface area contributed by atoms with Crippen molar-refractivity contribution in [3.63, 3.8) is 0 Å². The molecule has 11 nitrogen and oxygen atoms in total. The summed E-state index contributed by atoms with van der Waals surface area (Å²) in [6, 6.07) is 5.68. The van der Waals surface area contributed by atoms with E-state index in [1.807, 2.05) is 29.5 Å². The number of fused-ring (bicyclic) bond motifs is 3. The first-order chi connectivity index (χ1) is 15.0. The topological polar surface area (TPSA) is 140 Å². The van der Waals surface area contributed by atoms with Crippen LogP contribution >= 0.6 is 0 Å². The summed E-state index contributed by atoms with van der Waals surface area (Å²) in [4.78, 5) is 26.5. The lowest BCUT2D eigenvalue weighted by Gasteiger charge is -2.11. The minimum atomic E-state index is -1.14. The van der Waals surface area contributed by atoms with Gasteiger partial charge in [-0.1, -0.05) is 0 Å². The fourth-order valence-corrected chi connectivity index (χ4v) is 3.09. The maximum Gasteiger partial charge on any atom is 0.312 e. The van der Waals surface area contributed by atoms with E-state index in [2.05, 4.69) is 20.8 Å². The highest BCUT2D eigenvalue weighted by atomic mass is 16.5. The number of methoxy groups -OCH3 is 1. The first-order valence-corrected chi connectivity index (χ1v) is 9.99. The third kappa shape index (κ3) is 5.79. The number of unbranched alkanes of at least 4 members (excludes halogenated alkanes) is 1. The van der Waals surface area contributed by atoms with E-state index in [-0.39, 0.29) is 0 Å². The summed E-state index contributed by atoms with van der Waals surface area (Å²) in [5.74, 6) is 0.434. The molecule has 1 aromatic carbocycles. The van der Waals surface area contributed by atoms with E-state index >= 15 is 0 Å². The van der Waals surface area contributed by atoms with Crippen LogP contribution in [-0.4, -0.2) is 70.0 Å². The van der Waals surface area contributed by atoms with Crippen molar-refractivity contribution in [3.05, 3.63) is 24.0 Å². The normalized spacial score (nSPS) is 11.0. The second kappa shape index (κ2) is 10.5. The van der Waals surface area contributed by atoms with Gasteiger partial charge >= 0.3 is 5.97 Å². The largest absolute Gasteiger partial charge is 0.491 e. The van der Waals surface area contributed by atoms with Crippen molar-refractivity contribution in [1.82, 2.24) is 24.9 Å². The average Bonchev–Trinajstić information content (AvgIpc) is 3.12. The summed E-state index contributed by atoms with van der Waals surface area (Å²) < 4.78 is 12.6. The summed E-state index contributed by atoms with van der Waals surface area (Å²) in [5, 5.41) is 22.9. The van der Waals surface area contributed by atoms with Gasteiger partial charge in [0, 0.05) is 26.3 Å². The SMILES string of the molecule is COCCOc1ccc2c(c1)nc(NCCCCNC(=O)CC(=O)O)c1nnc(C)n12. The lowest BCUT2D eigenvalue weighted by atomic mass is 10.2. The molecule has 31 heavy (non-hydrogen) atoms. The lowest BCUT2D eigenvalue weighted by Crippen LogP contribution is -2.26. The van der Waals surface area contributed by atoms with Gasteiger partial charge in [0.1, 0.15) is 24.6 Å². The number of amides is 1. The summed E-state index contributed by atoms with van der Waals surface area (Å²) >= 11 is 0. The van der Waals surface area contributed by atoms with E-state index in [1.54, 1.807) is 7.11 Å². The number of aryl methyl sites for hydroxylation is 1. The number of rotatable bonds is 12. The van der Waals surface area contributed by atoms with Crippen LogP contribution in [0.5, 0.6) is 5.75 Å². The quantitative estimate of drug-likeness (QED) is 0.287. The predicted molar refractivity (Wildman–Crippen MR) is 113 cm³/mol. The highest BCUT2D eigenvalue weighted by molar-refractivity contribution is 5.93. The van der Waals surface area contributed by atoms with Gasteiger partial charge in [0.2, 0.25) is 11.6 Å². The highest BCUT2D eigenvalue weighted by Crippen LogP contribution is 2.25. The fraction of sp³-hybridized carbons (Fsp3) is 0.450. The fourth-order valence-electron chi connectivity index (χ4n) is 3.09. The van der Waals surface area contributed by atoms with E-state index in [0.717, 1.165) is 23.3 Å². The Morgan fingerprint density at radius 1 is 1.16 bits per heavy atom. The Balaban J connectivity index is 1.66. The molecule has 0 aliphatic heterocycles. The number of carbonyl (C=O) groups is 2. The van der Waals surface area contributed by atoms with Crippen molar-refractivity contribution >= 4 is 34.4 Å². The maximum absolute atomic E-state index is 11.3. The number of carbonyl (C=O) groups excluding carboxylic acids is 1. The molecule has 3 N–H and O–H groups in total. The molecule has 3 rings (SSSR count). The van der Waals surface area contributed by atoms with Gasteiger partial charge in [-0.2, -0.15) is 0 Å². The zero-order valence-electron chi connectivity index (χ0n) is 17.6. The molecule has 0 aliphatic carbocycles. The van der Waals surface area contributed by atoms with E-state index in [9.17, 15) is 9.59 Å². The summed E-state index contributed by atoms with van der Waals surface area (Å²) in [6.45, 7) is 3.86. The third-order valence-corrected chi connectivity index (χ3v) is 4.54. The number of carboxylic acid groups (broad SMARTS) is 1. The molecule has 0 aliphatic rings. The van der Waals surface area contributed by atoms with Crippen molar-refractivity contribution in [3.8, 4) is 5.75 Å². The minimum Gasteiger partial charge on any atom is -0.491 e. The number of hydrogen-bond acceptors (Lipinski definition) is 8. The number of aromatic nitrogens is 4. The number of nitrogens with zero attached hydrogens (tertiary/aromatic N) is 4. The Morgan fingerprint density at radius 2 is 1.97 bits per heavy atom. The third-order valence-electron chi connectivity index (χ3n) is 4.54. The molecule has 166 valence electrons. The van der Waals surface area contributed by atoms with Gasteiger partial charge in [0.15, 0.2) is 5.82 Å².